The third-order valence-electron chi connectivity index (χ3n) is 11.6. The molecule has 0 aliphatic carbocycles. The van der Waals surface area contributed by atoms with Crippen LogP contribution in [0.2, 0.25) is 0 Å². The standard InChI is InChI=1S/C53H48O4P4/c1-38-6-16-43(17-7-38)58(54)44-18-28-49(29-19-44)61(57,52-34-30-50(31-35-52)59(55,45-20-8-39(2)9-21-45)46-22-10-40(3)11-23-46)53-36-32-51(33-37-53)60(56,47-24-12-41(4)13-25-47)48-26-14-42(5)15-27-48/h6-37,58H,1-5H3. The predicted molar refractivity (Wildman–Crippen MR) is 263 cm³/mol. The summed E-state index contributed by atoms with van der Waals surface area (Å²) in [6.45, 7) is 10.0. The molecule has 0 saturated carbocycles. The van der Waals surface area contributed by atoms with Crippen molar-refractivity contribution in [3.8, 4) is 0 Å². The van der Waals surface area contributed by atoms with E-state index >= 15 is 13.7 Å². The van der Waals surface area contributed by atoms with Crippen molar-refractivity contribution in [3.05, 3.63) is 222 Å². The number of hydrogen-bond acceptors (Lipinski definition) is 4. The van der Waals surface area contributed by atoms with Crippen LogP contribution in [0.3, 0.4) is 0 Å². The smallest absolute Gasteiger partial charge is 0.171 e. The highest BCUT2D eigenvalue weighted by Gasteiger charge is 2.35. The largest absolute Gasteiger partial charge is 0.317 e. The van der Waals surface area contributed by atoms with Gasteiger partial charge in [0.1, 0.15) is 7.80 Å². The van der Waals surface area contributed by atoms with Crippen molar-refractivity contribution in [2.24, 2.45) is 0 Å². The van der Waals surface area contributed by atoms with Gasteiger partial charge in [-0.2, -0.15) is 0 Å². The molecular weight excluding hydrogens is 824 g/mol. The fraction of sp³-hybridized carbons (Fsp3) is 0.0943. The minimum atomic E-state index is -3.63. The lowest BCUT2D eigenvalue weighted by molar-refractivity contribution is 0.591. The van der Waals surface area contributed by atoms with E-state index in [1.165, 1.54) is 0 Å². The van der Waals surface area contributed by atoms with Crippen molar-refractivity contribution >= 4 is 87.6 Å². The van der Waals surface area contributed by atoms with Gasteiger partial charge in [-0.3, -0.25) is 0 Å². The minimum absolute atomic E-state index is 0.558. The molecule has 8 heteroatoms. The fourth-order valence-electron chi connectivity index (χ4n) is 7.80. The van der Waals surface area contributed by atoms with Crippen LogP contribution in [0, 0.1) is 34.6 Å². The number of hydrogen-bond donors (Lipinski definition) is 0. The maximum absolute atomic E-state index is 16.2. The molecule has 61 heavy (non-hydrogen) atoms. The van der Waals surface area contributed by atoms with Gasteiger partial charge >= 0.3 is 0 Å². The zero-order valence-electron chi connectivity index (χ0n) is 34.9. The summed E-state index contributed by atoms with van der Waals surface area (Å²) in [5.41, 5.74) is 5.39. The monoisotopic (exact) mass is 872 g/mol. The van der Waals surface area contributed by atoms with Gasteiger partial charge in [-0.1, -0.05) is 222 Å². The van der Waals surface area contributed by atoms with Crippen LogP contribution in [-0.4, -0.2) is 0 Å². The van der Waals surface area contributed by atoms with Gasteiger partial charge < -0.3 is 18.3 Å². The highest BCUT2D eigenvalue weighted by molar-refractivity contribution is 7.86. The van der Waals surface area contributed by atoms with Gasteiger partial charge in [-0.15, -0.1) is 0 Å². The quantitative estimate of drug-likeness (QED) is 0.122. The molecule has 304 valence electrons. The lowest BCUT2D eigenvalue weighted by Gasteiger charge is -2.24. The molecule has 0 aromatic heterocycles. The zero-order valence-corrected chi connectivity index (χ0v) is 38.6. The summed E-state index contributed by atoms with van der Waals surface area (Å²) >= 11 is 0. The van der Waals surface area contributed by atoms with Crippen molar-refractivity contribution < 1.29 is 18.3 Å². The van der Waals surface area contributed by atoms with Gasteiger partial charge in [0.15, 0.2) is 21.4 Å². The lowest BCUT2D eigenvalue weighted by atomic mass is 10.2. The normalized spacial score (nSPS) is 12.5. The highest BCUT2D eigenvalue weighted by Crippen LogP contribution is 2.47. The van der Waals surface area contributed by atoms with E-state index in [9.17, 15) is 4.57 Å². The maximum atomic E-state index is 16.2. The molecule has 0 amide bonds. The molecule has 0 aliphatic heterocycles. The highest BCUT2D eigenvalue weighted by atomic mass is 31.2. The van der Waals surface area contributed by atoms with Gasteiger partial charge in [-0.25, -0.2) is 0 Å². The number of aryl methyl sites for hydroxylation is 5. The Morgan fingerprint density at radius 1 is 0.246 bits per heavy atom. The molecule has 8 aromatic carbocycles. The van der Waals surface area contributed by atoms with E-state index < -0.39 is 29.2 Å². The first-order valence-electron chi connectivity index (χ1n) is 20.3. The molecule has 0 fully saturated rings. The Morgan fingerprint density at radius 3 is 0.574 bits per heavy atom. The Bertz CT molecular complexity index is 2740. The summed E-state index contributed by atoms with van der Waals surface area (Å²) in [6, 6.07) is 61.1. The second-order valence-corrected chi connectivity index (χ2v) is 26.1. The van der Waals surface area contributed by atoms with E-state index in [2.05, 4.69) is 0 Å². The first-order valence-corrected chi connectivity index (χ1v) is 26.9. The molecule has 0 aliphatic rings. The Kier molecular flexibility index (Phi) is 12.0. The average Bonchev–Trinajstić information content (AvgIpc) is 3.29. The van der Waals surface area contributed by atoms with Crippen LogP contribution in [0.4, 0.5) is 0 Å². The van der Waals surface area contributed by atoms with Gasteiger partial charge in [0.25, 0.3) is 0 Å². The van der Waals surface area contributed by atoms with Crippen LogP contribution in [-0.2, 0) is 18.3 Å². The molecule has 4 nitrogen and oxygen atoms in total. The van der Waals surface area contributed by atoms with E-state index in [4.69, 9.17) is 0 Å². The summed E-state index contributed by atoms with van der Waals surface area (Å²) in [4.78, 5) is 0. The van der Waals surface area contributed by atoms with E-state index in [-0.39, 0.29) is 0 Å². The molecule has 0 spiro atoms. The molecule has 0 N–H and O–H groups in total. The van der Waals surface area contributed by atoms with Crippen LogP contribution in [0.1, 0.15) is 27.8 Å². The summed E-state index contributed by atoms with van der Waals surface area (Å²) in [6.07, 6.45) is 0. The summed E-state index contributed by atoms with van der Waals surface area (Å²) in [5.74, 6) is 0. The second kappa shape index (κ2) is 17.2. The third kappa shape index (κ3) is 8.12. The van der Waals surface area contributed by atoms with Crippen LogP contribution < -0.4 is 58.3 Å². The summed E-state index contributed by atoms with van der Waals surface area (Å²) in [7, 11) is -12.6. The van der Waals surface area contributed by atoms with E-state index in [1.54, 1.807) is 0 Å². The number of benzene rings is 8. The topological polar surface area (TPSA) is 68.3 Å². The molecule has 8 aromatic rings. The number of rotatable bonds is 11. The van der Waals surface area contributed by atoms with Crippen molar-refractivity contribution in [1.29, 1.82) is 0 Å². The predicted octanol–water partition coefficient (Wildman–Crippen LogP) is 8.66. The Morgan fingerprint density at radius 2 is 0.377 bits per heavy atom. The first-order chi connectivity index (χ1) is 29.3. The van der Waals surface area contributed by atoms with Gasteiger partial charge in [0.05, 0.1) is 0 Å². The van der Waals surface area contributed by atoms with Crippen LogP contribution in [0.25, 0.3) is 0 Å². The minimum Gasteiger partial charge on any atom is -0.317 e. The van der Waals surface area contributed by atoms with Gasteiger partial charge in [0, 0.05) is 58.3 Å². The summed E-state index contributed by atoms with van der Waals surface area (Å²) in [5, 5.41) is 7.27. The Hall–Kier alpha value is -5.32. The van der Waals surface area contributed by atoms with Crippen molar-refractivity contribution in [3.63, 3.8) is 0 Å². The molecule has 0 radical (unpaired) electrons. The summed E-state index contributed by atoms with van der Waals surface area (Å²) < 4.78 is 60.8. The van der Waals surface area contributed by atoms with Gasteiger partial charge in [-0.05, 0) is 34.6 Å². The Labute approximate surface area is 360 Å². The molecule has 0 saturated heterocycles. The molecule has 8 rings (SSSR count). The van der Waals surface area contributed by atoms with E-state index in [0.717, 1.165) is 54.3 Å². The first kappa shape index (κ1) is 42.4. The van der Waals surface area contributed by atoms with Crippen molar-refractivity contribution in [2.75, 3.05) is 0 Å². The Balaban J connectivity index is 1.26. The average molecular weight is 873 g/mol. The van der Waals surface area contributed by atoms with Crippen LogP contribution in [0.5, 0.6) is 0 Å². The molecular formula is C53H48O4P4. The lowest BCUT2D eigenvalue weighted by Crippen LogP contribution is -2.30. The van der Waals surface area contributed by atoms with E-state index in [0.29, 0.717) is 31.8 Å². The van der Waals surface area contributed by atoms with Gasteiger partial charge in [0.2, 0.25) is 0 Å². The maximum Gasteiger partial charge on any atom is 0.171 e. The third-order valence-corrected chi connectivity index (χ3v) is 22.5. The molecule has 0 heterocycles. The molecule has 1 atom stereocenters. The van der Waals surface area contributed by atoms with Crippen molar-refractivity contribution in [1.82, 2.24) is 0 Å². The second-order valence-electron chi connectivity index (χ2n) is 15.9. The van der Waals surface area contributed by atoms with Crippen LogP contribution >= 0.6 is 29.2 Å². The van der Waals surface area contributed by atoms with E-state index in [1.807, 2.05) is 229 Å². The fourth-order valence-corrected chi connectivity index (χ4v) is 16.9. The molecule has 0 bridgehead atoms. The van der Waals surface area contributed by atoms with Crippen LogP contribution in [0.15, 0.2) is 194 Å². The zero-order chi connectivity index (χ0) is 42.9. The van der Waals surface area contributed by atoms with Crippen molar-refractivity contribution in [2.45, 2.75) is 34.6 Å². The molecule has 1 unspecified atom stereocenters. The SMILES string of the molecule is Cc1ccc([PH](=O)c2ccc(P(=O)(c3ccc(P(=O)(c4ccc(C)cc4)c4ccc(C)cc4)cc3)c3ccc(P(=O)(c4ccc(C)cc4)c4ccc(C)cc4)cc3)cc2)cc1.